The van der Waals surface area contributed by atoms with Crippen LogP contribution in [0, 0.1) is 0 Å². The molecule has 0 spiro atoms. The summed E-state index contributed by atoms with van der Waals surface area (Å²) in [4.78, 5) is 5.98. The van der Waals surface area contributed by atoms with E-state index in [1.165, 1.54) is 0 Å². The first kappa shape index (κ1) is 23.9. The van der Waals surface area contributed by atoms with Gasteiger partial charge in [-0.25, -0.2) is 21.6 Å². The number of rotatable bonds is 5. The van der Waals surface area contributed by atoms with Crippen molar-refractivity contribution in [3.05, 3.63) is 0 Å². The Kier molecular flexibility index (Phi) is 8.94. The summed E-state index contributed by atoms with van der Waals surface area (Å²) in [6, 6.07) is -0.146. The fraction of sp³-hybridized carbons (Fsp3) is 0.923. The van der Waals surface area contributed by atoms with Gasteiger partial charge in [-0.2, -0.15) is 0 Å². The molecule has 1 rings (SSSR count). The number of sulfonamides is 1. The van der Waals surface area contributed by atoms with E-state index >= 15 is 0 Å². The summed E-state index contributed by atoms with van der Waals surface area (Å²) < 4.78 is 49.3. The van der Waals surface area contributed by atoms with E-state index in [0.29, 0.717) is 19.0 Å². The number of guanidine groups is 1. The van der Waals surface area contributed by atoms with Crippen LogP contribution in [0.3, 0.4) is 0 Å². The maximum atomic E-state index is 12.0. The lowest BCUT2D eigenvalue weighted by molar-refractivity contribution is 0.354. The molecule has 0 amide bonds. The average molecular weight is 496 g/mol. The summed E-state index contributed by atoms with van der Waals surface area (Å²) >= 11 is 0. The molecular weight excluding hydrogens is 467 g/mol. The molecule has 0 radical (unpaired) electrons. The maximum Gasteiger partial charge on any atom is 0.213 e. The second-order valence-corrected chi connectivity index (χ2v) is 11.2. The molecule has 11 heteroatoms. The van der Waals surface area contributed by atoms with Gasteiger partial charge in [-0.15, -0.1) is 24.0 Å². The third kappa shape index (κ3) is 6.64. The molecule has 1 fully saturated rings. The monoisotopic (exact) mass is 496 g/mol. The van der Waals surface area contributed by atoms with Gasteiger partial charge in [-0.3, -0.25) is 4.99 Å². The second kappa shape index (κ2) is 8.99. The van der Waals surface area contributed by atoms with Crippen LogP contribution in [0.1, 0.15) is 27.7 Å². The zero-order valence-corrected chi connectivity index (χ0v) is 18.8. The van der Waals surface area contributed by atoms with Crippen LogP contribution in [0.15, 0.2) is 4.99 Å². The van der Waals surface area contributed by atoms with E-state index in [2.05, 4.69) is 15.0 Å². The summed E-state index contributed by atoms with van der Waals surface area (Å²) in [7, 11) is -4.87. The predicted molar refractivity (Wildman–Crippen MR) is 108 cm³/mol. The van der Waals surface area contributed by atoms with Crippen LogP contribution in [0.4, 0.5) is 0 Å². The van der Waals surface area contributed by atoms with Crippen molar-refractivity contribution in [2.75, 3.05) is 38.2 Å². The molecule has 2 N–H and O–H groups in total. The third-order valence-corrected chi connectivity index (χ3v) is 7.73. The van der Waals surface area contributed by atoms with Gasteiger partial charge < -0.3 is 10.2 Å². The van der Waals surface area contributed by atoms with Crippen molar-refractivity contribution in [3.8, 4) is 0 Å². The lowest BCUT2D eigenvalue weighted by Crippen LogP contribution is -2.57. The van der Waals surface area contributed by atoms with Crippen molar-refractivity contribution in [1.29, 1.82) is 0 Å². The highest BCUT2D eigenvalue weighted by Crippen LogP contribution is 2.23. The largest absolute Gasteiger partial charge is 0.355 e. The van der Waals surface area contributed by atoms with Gasteiger partial charge in [0.05, 0.1) is 16.3 Å². The Labute approximate surface area is 162 Å². The van der Waals surface area contributed by atoms with Crippen LogP contribution < -0.4 is 10.0 Å². The number of halogens is 1. The molecule has 0 aromatic heterocycles. The maximum absolute atomic E-state index is 12.0. The van der Waals surface area contributed by atoms with E-state index in [1.807, 2.05) is 4.90 Å². The highest BCUT2D eigenvalue weighted by molar-refractivity contribution is 14.0. The minimum Gasteiger partial charge on any atom is -0.355 e. The molecule has 1 aliphatic heterocycles. The number of aliphatic imine (C=N–C) groups is 1. The SMILES string of the molecule is CN=C(NCCS(=O)(=O)NC(C)C)N1CCS(=O)(=O)C(C)(C)C1.I. The smallest absolute Gasteiger partial charge is 0.213 e. The van der Waals surface area contributed by atoms with Crippen molar-refractivity contribution in [3.63, 3.8) is 0 Å². The molecular formula is C13H29IN4O4S2. The highest BCUT2D eigenvalue weighted by atomic mass is 127. The summed E-state index contributed by atoms with van der Waals surface area (Å²) in [5, 5.41) is 3.00. The van der Waals surface area contributed by atoms with Gasteiger partial charge in [0, 0.05) is 32.7 Å². The number of hydrogen-bond donors (Lipinski definition) is 2. The van der Waals surface area contributed by atoms with Gasteiger partial charge in [0.25, 0.3) is 0 Å². The van der Waals surface area contributed by atoms with Gasteiger partial charge in [0.15, 0.2) is 15.8 Å². The lowest BCUT2D eigenvalue weighted by Gasteiger charge is -2.39. The third-order valence-electron chi connectivity index (χ3n) is 3.62. The van der Waals surface area contributed by atoms with Crippen molar-refractivity contribution in [1.82, 2.24) is 14.9 Å². The topological polar surface area (TPSA) is 108 Å². The number of hydrogen-bond acceptors (Lipinski definition) is 5. The Morgan fingerprint density at radius 2 is 1.92 bits per heavy atom. The normalized spacial score (nSPS) is 20.6. The number of sulfone groups is 1. The minimum atomic E-state index is -3.34. The molecule has 0 aliphatic carbocycles. The Bertz CT molecular complexity index is 645. The van der Waals surface area contributed by atoms with Gasteiger partial charge in [0.2, 0.25) is 10.0 Å². The number of nitrogens with one attached hydrogen (secondary N) is 2. The lowest BCUT2D eigenvalue weighted by atomic mass is 10.2. The fourth-order valence-corrected chi connectivity index (χ4v) is 4.94. The average Bonchev–Trinajstić information content (AvgIpc) is 2.36. The van der Waals surface area contributed by atoms with Crippen LogP contribution in [0.5, 0.6) is 0 Å². The molecule has 0 aromatic rings. The van der Waals surface area contributed by atoms with Crippen molar-refractivity contribution in [2.24, 2.45) is 4.99 Å². The van der Waals surface area contributed by atoms with Gasteiger partial charge in [-0.1, -0.05) is 0 Å². The molecule has 1 saturated heterocycles. The summed E-state index contributed by atoms with van der Waals surface area (Å²) in [5.74, 6) is 0.515. The molecule has 0 bridgehead atoms. The molecule has 0 saturated carbocycles. The van der Waals surface area contributed by atoms with Crippen LogP contribution in [0.2, 0.25) is 0 Å². The standard InChI is InChI=1S/C13H28N4O4S2.HI/c1-11(2)16-23(20,21)8-6-15-12(14-5)17-7-9-22(18,19)13(3,4)10-17;/h11,16H,6-10H2,1-5H3,(H,14,15);1H. The highest BCUT2D eigenvalue weighted by Gasteiger charge is 2.40. The predicted octanol–water partition coefficient (Wildman–Crippen LogP) is 0.0166. The molecule has 24 heavy (non-hydrogen) atoms. The van der Waals surface area contributed by atoms with E-state index in [-0.39, 0.29) is 48.1 Å². The van der Waals surface area contributed by atoms with Crippen LogP contribution in [0.25, 0.3) is 0 Å². The summed E-state index contributed by atoms with van der Waals surface area (Å²) in [6.07, 6.45) is 0. The van der Waals surface area contributed by atoms with Crippen LogP contribution in [-0.2, 0) is 19.9 Å². The first-order valence-corrected chi connectivity index (χ1v) is 10.9. The van der Waals surface area contributed by atoms with Crippen LogP contribution >= 0.6 is 24.0 Å². The Balaban J connectivity index is 0.00000529. The van der Waals surface area contributed by atoms with E-state index in [1.54, 1.807) is 34.7 Å². The first-order chi connectivity index (χ1) is 10.4. The molecule has 0 atom stereocenters. The molecule has 1 heterocycles. The quantitative estimate of drug-likeness (QED) is 0.316. The molecule has 144 valence electrons. The zero-order valence-electron chi connectivity index (χ0n) is 14.9. The van der Waals surface area contributed by atoms with Gasteiger partial charge in [0.1, 0.15) is 0 Å². The zero-order chi connectivity index (χ0) is 17.9. The summed E-state index contributed by atoms with van der Waals surface area (Å²) in [5.41, 5.74) is 0. The van der Waals surface area contributed by atoms with E-state index in [9.17, 15) is 16.8 Å². The molecule has 8 nitrogen and oxygen atoms in total. The molecule has 1 aliphatic rings. The summed E-state index contributed by atoms with van der Waals surface area (Å²) in [6.45, 7) is 7.80. The van der Waals surface area contributed by atoms with Crippen molar-refractivity contribution in [2.45, 2.75) is 38.5 Å². The van der Waals surface area contributed by atoms with E-state index < -0.39 is 24.6 Å². The second-order valence-electron chi connectivity index (χ2n) is 6.57. The van der Waals surface area contributed by atoms with E-state index in [4.69, 9.17) is 0 Å². The van der Waals surface area contributed by atoms with Gasteiger partial charge >= 0.3 is 0 Å². The van der Waals surface area contributed by atoms with Crippen LogP contribution in [-0.4, -0.2) is 76.7 Å². The Hall–Kier alpha value is -0.140. The molecule has 0 unspecified atom stereocenters. The Morgan fingerprint density at radius 1 is 1.33 bits per heavy atom. The number of nitrogens with zero attached hydrogens (tertiary/aromatic N) is 2. The Morgan fingerprint density at radius 3 is 2.38 bits per heavy atom. The first-order valence-electron chi connectivity index (χ1n) is 7.58. The van der Waals surface area contributed by atoms with Crippen molar-refractivity contribution >= 4 is 49.8 Å². The van der Waals surface area contributed by atoms with Gasteiger partial charge in [-0.05, 0) is 27.7 Å². The van der Waals surface area contributed by atoms with Crippen molar-refractivity contribution < 1.29 is 16.8 Å². The minimum absolute atomic E-state index is 0. The van der Waals surface area contributed by atoms with E-state index in [0.717, 1.165) is 0 Å². The molecule has 0 aromatic carbocycles. The fourth-order valence-electron chi connectivity index (χ4n) is 2.37.